The van der Waals surface area contributed by atoms with Gasteiger partial charge in [0, 0.05) is 7.05 Å². The molecule has 0 heterocycles. The molecule has 1 rings (SSSR count). The van der Waals surface area contributed by atoms with Crippen molar-refractivity contribution in [3.63, 3.8) is 0 Å². The number of hydrazine groups is 1. The molecular formula is C12H18N4O2. The van der Waals surface area contributed by atoms with Crippen molar-refractivity contribution in [2.75, 3.05) is 12.5 Å². The summed E-state index contributed by atoms with van der Waals surface area (Å²) in [5.41, 5.74) is 4.38. The second-order valence-corrected chi connectivity index (χ2v) is 4.00. The molecule has 1 aromatic carbocycles. The van der Waals surface area contributed by atoms with Crippen LogP contribution in [0.5, 0.6) is 0 Å². The largest absolute Gasteiger partial charge is 0.357 e. The number of hydrogen-bond donors (Lipinski definition) is 4. The van der Waals surface area contributed by atoms with Crippen LogP contribution in [0.25, 0.3) is 0 Å². The average Bonchev–Trinajstić information content (AvgIpc) is 2.37. The highest BCUT2D eigenvalue weighted by atomic mass is 16.2. The van der Waals surface area contributed by atoms with E-state index < -0.39 is 6.04 Å². The van der Waals surface area contributed by atoms with E-state index in [0.717, 1.165) is 5.56 Å². The Labute approximate surface area is 106 Å². The van der Waals surface area contributed by atoms with Gasteiger partial charge in [-0.15, -0.1) is 0 Å². The van der Waals surface area contributed by atoms with Crippen molar-refractivity contribution in [3.05, 3.63) is 29.3 Å². The zero-order valence-electron chi connectivity index (χ0n) is 10.7. The lowest BCUT2D eigenvalue weighted by Crippen LogP contribution is -2.43. The van der Waals surface area contributed by atoms with Crippen LogP contribution >= 0.6 is 0 Å². The van der Waals surface area contributed by atoms with E-state index in [1.54, 1.807) is 25.1 Å². The number of nitrogens with one attached hydrogen (secondary N) is 3. The van der Waals surface area contributed by atoms with Gasteiger partial charge >= 0.3 is 0 Å². The highest BCUT2D eigenvalue weighted by Crippen LogP contribution is 2.16. The van der Waals surface area contributed by atoms with Crippen LogP contribution in [0.15, 0.2) is 18.2 Å². The molecule has 6 nitrogen and oxygen atoms in total. The molecule has 6 heteroatoms. The molecule has 18 heavy (non-hydrogen) atoms. The van der Waals surface area contributed by atoms with Gasteiger partial charge in [0.15, 0.2) is 0 Å². The van der Waals surface area contributed by atoms with E-state index in [1.807, 2.05) is 6.92 Å². The third-order valence-electron chi connectivity index (χ3n) is 2.56. The lowest BCUT2D eigenvalue weighted by molar-refractivity contribution is -0.122. The molecule has 0 radical (unpaired) electrons. The van der Waals surface area contributed by atoms with Gasteiger partial charge in [0.25, 0.3) is 5.91 Å². The Hall–Kier alpha value is -2.08. The fourth-order valence-corrected chi connectivity index (χ4v) is 1.53. The van der Waals surface area contributed by atoms with E-state index in [2.05, 4.69) is 16.1 Å². The van der Waals surface area contributed by atoms with Crippen LogP contribution in [0, 0.1) is 6.92 Å². The summed E-state index contributed by atoms with van der Waals surface area (Å²) in [6.45, 7) is 3.51. The number of anilines is 1. The molecule has 0 aromatic heterocycles. The van der Waals surface area contributed by atoms with Gasteiger partial charge < -0.3 is 16.1 Å². The number of rotatable bonds is 4. The van der Waals surface area contributed by atoms with E-state index in [-0.39, 0.29) is 11.8 Å². The molecule has 0 aliphatic heterocycles. The number of aryl methyl sites for hydroxylation is 1. The first-order chi connectivity index (χ1) is 8.49. The van der Waals surface area contributed by atoms with Gasteiger partial charge in [-0.05, 0) is 31.5 Å². The van der Waals surface area contributed by atoms with E-state index in [4.69, 9.17) is 5.84 Å². The highest BCUT2D eigenvalue weighted by Gasteiger charge is 2.17. The fraction of sp³-hybridized carbons (Fsp3) is 0.333. The van der Waals surface area contributed by atoms with Crippen molar-refractivity contribution in [1.82, 2.24) is 10.6 Å². The van der Waals surface area contributed by atoms with Crippen molar-refractivity contribution < 1.29 is 9.59 Å². The summed E-state index contributed by atoms with van der Waals surface area (Å²) in [4.78, 5) is 23.3. The molecule has 1 atom stereocenters. The monoisotopic (exact) mass is 250 g/mol. The molecule has 2 amide bonds. The van der Waals surface area contributed by atoms with Crippen LogP contribution < -0.4 is 21.9 Å². The summed E-state index contributed by atoms with van der Waals surface area (Å²) in [6, 6.07) is 4.63. The van der Waals surface area contributed by atoms with Crippen molar-refractivity contribution in [1.29, 1.82) is 0 Å². The molecular weight excluding hydrogens is 232 g/mol. The molecule has 0 saturated heterocycles. The normalized spacial score (nSPS) is 11.6. The predicted molar refractivity (Wildman–Crippen MR) is 70.0 cm³/mol. The van der Waals surface area contributed by atoms with Gasteiger partial charge in [0.1, 0.15) is 6.04 Å². The van der Waals surface area contributed by atoms with Gasteiger partial charge in [0.2, 0.25) is 5.91 Å². The molecule has 0 fully saturated rings. The highest BCUT2D eigenvalue weighted by molar-refractivity contribution is 6.01. The van der Waals surface area contributed by atoms with Gasteiger partial charge in [0.05, 0.1) is 11.3 Å². The van der Waals surface area contributed by atoms with Crippen molar-refractivity contribution >= 4 is 17.5 Å². The summed E-state index contributed by atoms with van der Waals surface area (Å²) >= 11 is 0. The molecule has 0 spiro atoms. The Balaban J connectivity index is 2.87. The summed E-state index contributed by atoms with van der Waals surface area (Å²) in [5, 5.41) is 5.06. The number of carbonyl (C=O) groups is 2. The van der Waals surface area contributed by atoms with Crippen LogP contribution in [-0.4, -0.2) is 24.9 Å². The Kier molecular flexibility index (Phi) is 4.67. The summed E-state index contributed by atoms with van der Waals surface area (Å²) < 4.78 is 0. The Morgan fingerprint density at radius 1 is 1.33 bits per heavy atom. The number of likely N-dealkylation sites (N-methyl/N-ethyl adjacent to an activating group) is 1. The first-order valence-corrected chi connectivity index (χ1v) is 5.59. The van der Waals surface area contributed by atoms with Crippen LogP contribution in [0.3, 0.4) is 0 Å². The van der Waals surface area contributed by atoms with Gasteiger partial charge in [-0.2, -0.15) is 0 Å². The van der Waals surface area contributed by atoms with Crippen LogP contribution in [-0.2, 0) is 4.79 Å². The minimum Gasteiger partial charge on any atom is -0.357 e. The maximum atomic E-state index is 12.0. The third-order valence-corrected chi connectivity index (χ3v) is 2.56. The van der Waals surface area contributed by atoms with E-state index in [0.29, 0.717) is 11.3 Å². The molecule has 0 aliphatic carbocycles. The zero-order valence-corrected chi connectivity index (χ0v) is 10.7. The predicted octanol–water partition coefficient (Wildman–Crippen LogP) is 0.145. The third kappa shape index (κ3) is 3.21. The lowest BCUT2D eigenvalue weighted by Gasteiger charge is -2.14. The Bertz CT molecular complexity index is 459. The van der Waals surface area contributed by atoms with Crippen molar-refractivity contribution in [3.8, 4) is 0 Å². The molecule has 5 N–H and O–H groups in total. The molecule has 0 bridgehead atoms. The van der Waals surface area contributed by atoms with E-state index in [9.17, 15) is 9.59 Å². The molecule has 0 saturated carbocycles. The van der Waals surface area contributed by atoms with E-state index >= 15 is 0 Å². The number of amides is 2. The Morgan fingerprint density at radius 2 is 2.00 bits per heavy atom. The second-order valence-electron chi connectivity index (χ2n) is 4.00. The van der Waals surface area contributed by atoms with Gasteiger partial charge in [-0.3, -0.25) is 15.4 Å². The summed E-state index contributed by atoms with van der Waals surface area (Å²) in [5.74, 6) is 4.76. The quantitative estimate of drug-likeness (QED) is 0.451. The first-order valence-electron chi connectivity index (χ1n) is 5.59. The zero-order chi connectivity index (χ0) is 13.7. The maximum Gasteiger partial charge on any atom is 0.254 e. The summed E-state index contributed by atoms with van der Waals surface area (Å²) in [6.07, 6.45) is 0. The first kappa shape index (κ1) is 14.0. The van der Waals surface area contributed by atoms with Gasteiger partial charge in [-0.25, -0.2) is 0 Å². The fourth-order valence-electron chi connectivity index (χ4n) is 1.53. The second kappa shape index (κ2) is 6.02. The number of carbonyl (C=O) groups excluding carboxylic acids is 2. The van der Waals surface area contributed by atoms with Gasteiger partial charge in [-0.1, -0.05) is 6.07 Å². The standard InChI is InChI=1S/C12H18N4O2/c1-7-4-5-9(10(6-7)16-13)12(18)15-8(2)11(17)14-3/h4-6,8,16H,13H2,1-3H3,(H,14,17)(H,15,18). The van der Waals surface area contributed by atoms with Crippen LogP contribution in [0.2, 0.25) is 0 Å². The smallest absolute Gasteiger partial charge is 0.254 e. The molecule has 1 aromatic rings. The summed E-state index contributed by atoms with van der Waals surface area (Å²) in [7, 11) is 1.52. The molecule has 0 aliphatic rings. The maximum absolute atomic E-state index is 12.0. The van der Waals surface area contributed by atoms with Crippen LogP contribution in [0.4, 0.5) is 5.69 Å². The topological polar surface area (TPSA) is 96.2 Å². The van der Waals surface area contributed by atoms with Crippen LogP contribution in [0.1, 0.15) is 22.8 Å². The van der Waals surface area contributed by atoms with Crippen molar-refractivity contribution in [2.24, 2.45) is 5.84 Å². The number of hydrogen-bond acceptors (Lipinski definition) is 4. The number of nitrogen functional groups attached to an aromatic ring is 1. The average molecular weight is 250 g/mol. The van der Waals surface area contributed by atoms with E-state index in [1.165, 1.54) is 7.05 Å². The SMILES string of the molecule is CNC(=O)C(C)NC(=O)c1ccc(C)cc1NN. The number of benzene rings is 1. The minimum absolute atomic E-state index is 0.252. The van der Waals surface area contributed by atoms with Crippen molar-refractivity contribution in [2.45, 2.75) is 19.9 Å². The minimum atomic E-state index is -0.602. The number of nitrogens with two attached hydrogens (primary N) is 1. The molecule has 1 unspecified atom stereocenters. The lowest BCUT2D eigenvalue weighted by atomic mass is 10.1. The Morgan fingerprint density at radius 3 is 2.56 bits per heavy atom. The molecule has 98 valence electrons.